The van der Waals surface area contributed by atoms with Crippen molar-refractivity contribution in [2.75, 3.05) is 0 Å². The summed E-state index contributed by atoms with van der Waals surface area (Å²) in [5, 5.41) is 21.3. The zero-order valence-corrected chi connectivity index (χ0v) is 11.0. The standard InChI is InChI=1S/C13H21NO4/c1-13(2,3)18-12(17)14-10(11(15)16)9-5-7-4-8(7)6-9/h4,7,9-11,15-16H,5-6H2,1-3H3,(H,14,17)/t7-,9-,10?/m0/s1. The summed E-state index contributed by atoms with van der Waals surface area (Å²) in [4.78, 5) is 11.7. The summed E-state index contributed by atoms with van der Waals surface area (Å²) in [6, 6.07) is -0.659. The van der Waals surface area contributed by atoms with E-state index >= 15 is 0 Å². The van der Waals surface area contributed by atoms with E-state index in [1.165, 1.54) is 5.57 Å². The first kappa shape index (κ1) is 13.4. The minimum Gasteiger partial charge on any atom is -0.444 e. The number of carbonyl (C=O) groups excluding carboxylic acids is 1. The van der Waals surface area contributed by atoms with Gasteiger partial charge in [0.15, 0.2) is 6.29 Å². The van der Waals surface area contributed by atoms with Gasteiger partial charge in [-0.25, -0.2) is 4.79 Å². The molecule has 0 bridgehead atoms. The van der Waals surface area contributed by atoms with Gasteiger partial charge in [-0.3, -0.25) is 0 Å². The van der Waals surface area contributed by atoms with E-state index in [1.807, 2.05) is 0 Å². The fraction of sp³-hybridized carbons (Fsp3) is 0.769. The van der Waals surface area contributed by atoms with Crippen molar-refractivity contribution in [1.29, 1.82) is 0 Å². The Hall–Kier alpha value is -1.07. The molecule has 0 spiro atoms. The first-order chi connectivity index (χ1) is 8.26. The van der Waals surface area contributed by atoms with Crippen molar-refractivity contribution in [3.05, 3.63) is 11.6 Å². The zero-order valence-electron chi connectivity index (χ0n) is 11.0. The second-order valence-electron chi connectivity index (χ2n) is 6.13. The third-order valence-corrected chi connectivity index (χ3v) is 3.35. The number of rotatable bonds is 3. The Morgan fingerprint density at radius 2 is 2.17 bits per heavy atom. The van der Waals surface area contributed by atoms with E-state index in [0.29, 0.717) is 5.92 Å². The molecule has 0 aromatic carbocycles. The number of nitrogens with one attached hydrogen (secondary N) is 1. The van der Waals surface area contributed by atoms with Crippen LogP contribution in [0.5, 0.6) is 0 Å². The highest BCUT2D eigenvalue weighted by atomic mass is 16.6. The van der Waals surface area contributed by atoms with Crippen molar-refractivity contribution in [2.45, 2.75) is 51.5 Å². The third-order valence-electron chi connectivity index (χ3n) is 3.35. The maximum absolute atomic E-state index is 11.7. The predicted octanol–water partition coefficient (Wildman–Crippen LogP) is 1.16. The second-order valence-corrected chi connectivity index (χ2v) is 6.13. The molecule has 0 aromatic rings. The van der Waals surface area contributed by atoms with Gasteiger partial charge in [-0.1, -0.05) is 11.6 Å². The van der Waals surface area contributed by atoms with Gasteiger partial charge in [0.05, 0.1) is 6.04 Å². The Morgan fingerprint density at radius 1 is 1.50 bits per heavy atom. The average Bonchev–Trinajstić information content (AvgIpc) is 2.79. The van der Waals surface area contributed by atoms with Crippen molar-refractivity contribution < 1.29 is 19.7 Å². The summed E-state index contributed by atoms with van der Waals surface area (Å²) in [6.07, 6.45) is 1.75. The average molecular weight is 255 g/mol. The lowest BCUT2D eigenvalue weighted by atomic mass is 9.95. The number of aliphatic hydroxyl groups excluding tert-OH is 1. The molecule has 1 unspecified atom stereocenters. The van der Waals surface area contributed by atoms with E-state index in [4.69, 9.17) is 4.74 Å². The maximum atomic E-state index is 11.7. The summed E-state index contributed by atoms with van der Waals surface area (Å²) in [5.74, 6) is 0.610. The Labute approximate surface area is 107 Å². The van der Waals surface area contributed by atoms with Crippen LogP contribution in [0.25, 0.3) is 0 Å². The molecule has 1 fully saturated rings. The monoisotopic (exact) mass is 255 g/mol. The molecule has 3 N–H and O–H groups in total. The molecule has 5 heteroatoms. The first-order valence-corrected chi connectivity index (χ1v) is 6.32. The van der Waals surface area contributed by atoms with Crippen LogP contribution in [0.1, 0.15) is 33.6 Å². The fourth-order valence-electron chi connectivity index (χ4n) is 2.51. The molecule has 1 amide bonds. The van der Waals surface area contributed by atoms with Crippen LogP contribution in [-0.2, 0) is 4.74 Å². The van der Waals surface area contributed by atoms with Gasteiger partial charge in [-0.2, -0.15) is 0 Å². The molecule has 0 saturated heterocycles. The van der Waals surface area contributed by atoms with Gasteiger partial charge >= 0.3 is 6.09 Å². The van der Waals surface area contributed by atoms with E-state index in [2.05, 4.69) is 11.4 Å². The number of ether oxygens (including phenoxy) is 1. The van der Waals surface area contributed by atoms with E-state index in [-0.39, 0.29) is 5.92 Å². The topological polar surface area (TPSA) is 78.8 Å². The molecule has 2 rings (SSSR count). The molecule has 1 saturated carbocycles. The second kappa shape index (κ2) is 4.55. The van der Waals surface area contributed by atoms with Gasteiger partial charge in [0, 0.05) is 0 Å². The van der Waals surface area contributed by atoms with Gasteiger partial charge in [0.2, 0.25) is 0 Å². The summed E-state index contributed by atoms with van der Waals surface area (Å²) in [6.45, 7) is 5.31. The summed E-state index contributed by atoms with van der Waals surface area (Å²) >= 11 is 0. The van der Waals surface area contributed by atoms with Crippen LogP contribution < -0.4 is 5.32 Å². The molecular weight excluding hydrogens is 234 g/mol. The van der Waals surface area contributed by atoms with Crippen LogP contribution in [-0.4, -0.2) is 34.2 Å². The quantitative estimate of drug-likeness (QED) is 0.522. The van der Waals surface area contributed by atoms with Gasteiger partial charge in [0.1, 0.15) is 5.60 Å². The molecule has 2 aliphatic carbocycles. The largest absolute Gasteiger partial charge is 0.444 e. The summed E-state index contributed by atoms with van der Waals surface area (Å²) < 4.78 is 5.13. The molecule has 5 nitrogen and oxygen atoms in total. The van der Waals surface area contributed by atoms with Crippen LogP contribution in [0.3, 0.4) is 0 Å². The number of hydrogen-bond donors (Lipinski definition) is 3. The Morgan fingerprint density at radius 3 is 2.61 bits per heavy atom. The normalized spacial score (nSPS) is 27.6. The number of fused-ring (bicyclic) bond motifs is 1. The molecule has 3 atom stereocenters. The minimum absolute atomic E-state index is 0.0857. The number of amides is 1. The number of allylic oxidation sites excluding steroid dienone is 2. The summed E-state index contributed by atoms with van der Waals surface area (Å²) in [7, 11) is 0. The molecule has 102 valence electrons. The fourth-order valence-corrected chi connectivity index (χ4v) is 2.51. The van der Waals surface area contributed by atoms with Gasteiger partial charge in [-0.05, 0) is 45.4 Å². The van der Waals surface area contributed by atoms with E-state index in [0.717, 1.165) is 12.8 Å². The lowest BCUT2D eigenvalue weighted by molar-refractivity contribution is -0.0812. The van der Waals surface area contributed by atoms with E-state index < -0.39 is 24.0 Å². The lowest BCUT2D eigenvalue weighted by Crippen LogP contribution is -2.49. The smallest absolute Gasteiger partial charge is 0.408 e. The van der Waals surface area contributed by atoms with Crippen molar-refractivity contribution >= 4 is 6.09 Å². The number of carbonyl (C=O) groups is 1. The Bertz CT molecular complexity index is 370. The van der Waals surface area contributed by atoms with Crippen LogP contribution in [0.15, 0.2) is 11.6 Å². The van der Waals surface area contributed by atoms with Gasteiger partial charge < -0.3 is 20.3 Å². The molecule has 0 radical (unpaired) electrons. The molecular formula is C13H21NO4. The maximum Gasteiger partial charge on any atom is 0.408 e. The highest BCUT2D eigenvalue weighted by Crippen LogP contribution is 2.48. The number of hydrogen-bond acceptors (Lipinski definition) is 4. The highest BCUT2D eigenvalue weighted by molar-refractivity contribution is 5.68. The zero-order chi connectivity index (χ0) is 13.5. The van der Waals surface area contributed by atoms with E-state index in [1.54, 1.807) is 20.8 Å². The van der Waals surface area contributed by atoms with Crippen LogP contribution >= 0.6 is 0 Å². The Balaban J connectivity index is 1.90. The number of alkyl carbamates (subject to hydrolysis) is 1. The first-order valence-electron chi connectivity index (χ1n) is 6.32. The predicted molar refractivity (Wildman–Crippen MR) is 65.7 cm³/mol. The van der Waals surface area contributed by atoms with Crippen LogP contribution in [0.4, 0.5) is 4.79 Å². The minimum atomic E-state index is -1.55. The molecule has 0 aromatic heterocycles. The Kier molecular flexibility index (Phi) is 3.38. The van der Waals surface area contributed by atoms with Crippen molar-refractivity contribution in [1.82, 2.24) is 5.32 Å². The highest BCUT2D eigenvalue weighted by Gasteiger charge is 2.42. The molecule has 0 heterocycles. The van der Waals surface area contributed by atoms with Crippen LogP contribution in [0, 0.1) is 11.8 Å². The van der Waals surface area contributed by atoms with Crippen molar-refractivity contribution in [3.63, 3.8) is 0 Å². The molecule has 18 heavy (non-hydrogen) atoms. The third kappa shape index (κ3) is 3.23. The molecule has 0 aliphatic heterocycles. The molecule has 2 aliphatic rings. The van der Waals surface area contributed by atoms with Gasteiger partial charge in [-0.15, -0.1) is 0 Å². The lowest BCUT2D eigenvalue weighted by Gasteiger charge is -2.28. The van der Waals surface area contributed by atoms with Crippen molar-refractivity contribution in [2.24, 2.45) is 11.8 Å². The van der Waals surface area contributed by atoms with Crippen LogP contribution in [0.2, 0.25) is 0 Å². The van der Waals surface area contributed by atoms with Crippen molar-refractivity contribution in [3.8, 4) is 0 Å². The number of aliphatic hydroxyl groups is 2. The SMILES string of the molecule is CC(C)(C)OC(=O)NC(C(O)O)[C@@H]1CC2=C[C@H]2C1. The summed E-state index contributed by atoms with van der Waals surface area (Å²) in [5.41, 5.74) is 0.784. The van der Waals surface area contributed by atoms with E-state index in [9.17, 15) is 15.0 Å². The van der Waals surface area contributed by atoms with Gasteiger partial charge in [0.25, 0.3) is 0 Å².